The highest BCUT2D eigenvalue weighted by Crippen LogP contribution is 2.36. The van der Waals surface area contributed by atoms with Crippen molar-refractivity contribution in [3.8, 4) is 22.9 Å². The molecule has 0 saturated carbocycles. The molecule has 2 aromatic heterocycles. The molecule has 2 aromatic carbocycles. The van der Waals surface area contributed by atoms with Gasteiger partial charge in [-0.05, 0) is 54.6 Å². The highest BCUT2D eigenvalue weighted by Gasteiger charge is 2.38. The first-order valence-electron chi connectivity index (χ1n) is 9.87. The summed E-state index contributed by atoms with van der Waals surface area (Å²) in [6, 6.07) is 14.1. The summed E-state index contributed by atoms with van der Waals surface area (Å²) in [7, 11) is 0. The maximum atomic E-state index is 13.0. The number of hydrogen-bond donors (Lipinski definition) is 3. The maximum absolute atomic E-state index is 13.0. The molecule has 4 rings (SSSR count). The summed E-state index contributed by atoms with van der Waals surface area (Å²) >= 11 is 5.63. The molecule has 0 aliphatic carbocycles. The van der Waals surface area contributed by atoms with Crippen LogP contribution in [0.2, 0.25) is 5.02 Å². The van der Waals surface area contributed by atoms with Gasteiger partial charge in [-0.25, -0.2) is 4.79 Å². The van der Waals surface area contributed by atoms with Gasteiger partial charge < -0.3 is 15.2 Å². The van der Waals surface area contributed by atoms with Crippen molar-refractivity contribution in [3.05, 3.63) is 77.6 Å². The largest absolute Gasteiger partial charge is 0.490 e. The smallest absolute Gasteiger partial charge is 0.475 e. The number of carbonyl (C=O) groups is 1. The van der Waals surface area contributed by atoms with Gasteiger partial charge in [0.2, 0.25) is 5.95 Å². The van der Waals surface area contributed by atoms with E-state index in [2.05, 4.69) is 25.5 Å². The van der Waals surface area contributed by atoms with Gasteiger partial charge in [-0.2, -0.15) is 31.3 Å². The van der Waals surface area contributed by atoms with Crippen LogP contribution in [0.3, 0.4) is 0 Å². The lowest BCUT2D eigenvalue weighted by Crippen LogP contribution is -2.21. The van der Waals surface area contributed by atoms with Crippen molar-refractivity contribution in [1.29, 1.82) is 0 Å². The SMILES string of the molecule is FC(F)(F)c1cc(Nc2n[nH]c(-c3ccc(Oc4cccnc4)cc3)n2)ccc1Cl.O=C(O)C(F)(F)F. The molecule has 2 heterocycles. The van der Waals surface area contributed by atoms with Gasteiger partial charge in [-0.15, -0.1) is 5.10 Å². The molecule has 3 N–H and O–H groups in total. The van der Waals surface area contributed by atoms with Crippen LogP contribution >= 0.6 is 11.6 Å². The van der Waals surface area contributed by atoms with Crippen molar-refractivity contribution in [2.75, 3.05) is 5.32 Å². The molecule has 0 aliphatic rings. The molecular weight excluding hydrogens is 532 g/mol. The Morgan fingerprint density at radius 3 is 2.24 bits per heavy atom. The van der Waals surface area contributed by atoms with E-state index >= 15 is 0 Å². The summed E-state index contributed by atoms with van der Waals surface area (Å²) in [5, 5.41) is 16.2. The van der Waals surface area contributed by atoms with E-state index in [4.69, 9.17) is 26.2 Å². The van der Waals surface area contributed by atoms with E-state index < -0.39 is 23.9 Å². The van der Waals surface area contributed by atoms with Gasteiger partial charge in [0.05, 0.1) is 16.8 Å². The Morgan fingerprint density at radius 1 is 1.00 bits per heavy atom. The maximum Gasteiger partial charge on any atom is 0.490 e. The number of carboxylic acid groups (broad SMARTS) is 1. The molecule has 0 fully saturated rings. The molecule has 0 amide bonds. The van der Waals surface area contributed by atoms with Gasteiger partial charge in [0.1, 0.15) is 11.5 Å². The van der Waals surface area contributed by atoms with Crippen LogP contribution in [0.1, 0.15) is 5.56 Å². The molecular formula is C22H14ClF6N5O3. The first-order valence-corrected chi connectivity index (χ1v) is 10.3. The number of nitrogens with zero attached hydrogens (tertiary/aromatic N) is 3. The second-order valence-electron chi connectivity index (χ2n) is 6.94. The first kappa shape index (κ1) is 27.3. The van der Waals surface area contributed by atoms with Crippen molar-refractivity contribution in [2.24, 2.45) is 0 Å². The number of pyridine rings is 1. The predicted molar refractivity (Wildman–Crippen MR) is 120 cm³/mol. The van der Waals surface area contributed by atoms with Crippen molar-refractivity contribution in [2.45, 2.75) is 12.4 Å². The summed E-state index contributed by atoms with van der Waals surface area (Å²) in [5.41, 5.74) is -0.0483. The molecule has 0 atom stereocenters. The number of aromatic amines is 1. The molecule has 0 radical (unpaired) electrons. The van der Waals surface area contributed by atoms with Gasteiger partial charge in [0.15, 0.2) is 5.82 Å². The number of nitrogens with one attached hydrogen (secondary N) is 2. The van der Waals surface area contributed by atoms with Crippen LogP contribution in [-0.2, 0) is 11.0 Å². The number of H-pyrrole nitrogens is 1. The number of rotatable bonds is 5. The van der Waals surface area contributed by atoms with Gasteiger partial charge in [0.25, 0.3) is 0 Å². The molecule has 8 nitrogen and oxygen atoms in total. The van der Waals surface area contributed by atoms with E-state index in [1.807, 2.05) is 0 Å². The van der Waals surface area contributed by atoms with Gasteiger partial charge >= 0.3 is 18.3 Å². The minimum absolute atomic E-state index is 0.121. The third-order valence-electron chi connectivity index (χ3n) is 4.25. The third kappa shape index (κ3) is 7.83. The highest BCUT2D eigenvalue weighted by molar-refractivity contribution is 6.31. The van der Waals surface area contributed by atoms with Crippen molar-refractivity contribution < 1.29 is 41.0 Å². The number of halogens is 7. The van der Waals surface area contributed by atoms with Crippen LogP contribution in [0, 0.1) is 0 Å². The molecule has 0 saturated heterocycles. The van der Waals surface area contributed by atoms with Crippen molar-refractivity contribution in [3.63, 3.8) is 0 Å². The summed E-state index contributed by atoms with van der Waals surface area (Å²) < 4.78 is 76.4. The zero-order valence-electron chi connectivity index (χ0n) is 18.1. The Balaban J connectivity index is 0.000000479. The summed E-state index contributed by atoms with van der Waals surface area (Å²) in [6.07, 6.45) is -6.39. The van der Waals surface area contributed by atoms with E-state index in [9.17, 15) is 26.3 Å². The van der Waals surface area contributed by atoms with Crippen molar-refractivity contribution >= 4 is 29.2 Å². The van der Waals surface area contributed by atoms with Crippen LogP contribution in [0.25, 0.3) is 11.4 Å². The molecule has 15 heteroatoms. The summed E-state index contributed by atoms with van der Waals surface area (Å²) in [6.45, 7) is 0. The fourth-order valence-electron chi connectivity index (χ4n) is 2.62. The molecule has 4 aromatic rings. The van der Waals surface area contributed by atoms with E-state index in [1.54, 1.807) is 48.8 Å². The molecule has 194 valence electrons. The summed E-state index contributed by atoms with van der Waals surface area (Å²) in [4.78, 5) is 17.1. The Bertz CT molecular complexity index is 1350. The van der Waals surface area contributed by atoms with Gasteiger partial charge in [-0.3, -0.25) is 10.1 Å². The number of aromatic nitrogens is 4. The first-order chi connectivity index (χ1) is 17.3. The molecule has 37 heavy (non-hydrogen) atoms. The second-order valence-corrected chi connectivity index (χ2v) is 7.35. The van der Waals surface area contributed by atoms with Crippen molar-refractivity contribution in [1.82, 2.24) is 20.2 Å². The average Bonchev–Trinajstić information content (AvgIpc) is 3.29. The quantitative estimate of drug-likeness (QED) is 0.239. The standard InChI is InChI=1S/C20H13ClF3N5O.C2HF3O2/c21-17-8-5-13(10-16(17)20(22,23)24)26-19-27-18(28-29-19)12-3-6-14(7-4-12)30-15-2-1-9-25-11-15;3-2(4,5)1(6)7/h1-11H,(H2,26,27,28,29);(H,6,7). The lowest BCUT2D eigenvalue weighted by molar-refractivity contribution is -0.192. The Hall–Kier alpha value is -4.33. The summed E-state index contributed by atoms with van der Waals surface area (Å²) in [5.74, 6) is -0.970. The number of benzene rings is 2. The van der Waals surface area contributed by atoms with Gasteiger partial charge in [0, 0.05) is 17.4 Å². The monoisotopic (exact) mass is 545 g/mol. The van der Waals surface area contributed by atoms with E-state index in [1.165, 1.54) is 12.1 Å². The second kappa shape index (κ2) is 11.2. The lowest BCUT2D eigenvalue weighted by Gasteiger charge is -2.10. The van der Waals surface area contributed by atoms with Crippen LogP contribution < -0.4 is 10.1 Å². The number of ether oxygens (including phenoxy) is 1. The van der Waals surface area contributed by atoms with Crippen LogP contribution in [-0.4, -0.2) is 37.4 Å². The minimum Gasteiger partial charge on any atom is -0.475 e. The number of hydrogen-bond acceptors (Lipinski definition) is 6. The Kier molecular flexibility index (Phi) is 8.22. The third-order valence-corrected chi connectivity index (χ3v) is 4.58. The van der Waals surface area contributed by atoms with E-state index in [-0.39, 0.29) is 16.7 Å². The molecule has 0 bridgehead atoms. The normalized spacial score (nSPS) is 11.3. The number of anilines is 2. The minimum atomic E-state index is -5.08. The molecule has 0 unspecified atom stereocenters. The predicted octanol–water partition coefficient (Wildman–Crippen LogP) is 6.71. The van der Waals surface area contributed by atoms with Crippen LogP contribution in [0.4, 0.5) is 38.0 Å². The topological polar surface area (TPSA) is 113 Å². The molecule has 0 aliphatic heterocycles. The molecule has 0 spiro atoms. The van der Waals surface area contributed by atoms with E-state index in [0.29, 0.717) is 17.3 Å². The average molecular weight is 546 g/mol. The fourth-order valence-corrected chi connectivity index (χ4v) is 2.85. The fraction of sp³-hybridized carbons (Fsp3) is 0.0909. The van der Waals surface area contributed by atoms with Crippen LogP contribution in [0.15, 0.2) is 67.0 Å². The number of alkyl halides is 6. The zero-order chi connectivity index (χ0) is 27.2. The van der Waals surface area contributed by atoms with E-state index in [0.717, 1.165) is 11.6 Å². The number of carboxylic acids is 1. The highest BCUT2D eigenvalue weighted by atomic mass is 35.5. The van der Waals surface area contributed by atoms with Gasteiger partial charge in [-0.1, -0.05) is 11.6 Å². The Labute approximate surface area is 208 Å². The van der Waals surface area contributed by atoms with Crippen LogP contribution in [0.5, 0.6) is 11.5 Å². The Morgan fingerprint density at radius 2 is 1.68 bits per heavy atom. The number of aliphatic carboxylic acids is 1. The lowest BCUT2D eigenvalue weighted by atomic mass is 10.2. The zero-order valence-corrected chi connectivity index (χ0v) is 18.9.